The summed E-state index contributed by atoms with van der Waals surface area (Å²) in [5, 5.41) is 2.56. The Morgan fingerprint density at radius 3 is 2.64 bits per heavy atom. The summed E-state index contributed by atoms with van der Waals surface area (Å²) in [6.45, 7) is 0.868. The van der Waals surface area contributed by atoms with E-state index in [9.17, 15) is 14.0 Å². The number of benzene rings is 2. The number of esters is 1. The van der Waals surface area contributed by atoms with Crippen LogP contribution in [0.3, 0.4) is 0 Å². The quantitative estimate of drug-likeness (QED) is 0.362. The van der Waals surface area contributed by atoms with E-state index < -0.39 is 5.82 Å². The number of pyridine rings is 1. The third kappa shape index (κ3) is 6.93. The Morgan fingerprint density at radius 2 is 1.88 bits per heavy atom. The zero-order chi connectivity index (χ0) is 23.6. The van der Waals surface area contributed by atoms with Gasteiger partial charge in [-0.25, -0.2) is 4.39 Å². The van der Waals surface area contributed by atoms with Crippen molar-refractivity contribution < 1.29 is 23.5 Å². The number of ether oxygens (including phenoxy) is 2. The Balaban J connectivity index is 1.76. The minimum Gasteiger partial charge on any atom is -0.463 e. The molecule has 0 aliphatic carbocycles. The van der Waals surface area contributed by atoms with Crippen LogP contribution in [0.25, 0.3) is 11.1 Å². The lowest BCUT2D eigenvalue weighted by Crippen LogP contribution is -2.15. The van der Waals surface area contributed by atoms with Gasteiger partial charge in [0.05, 0.1) is 31.3 Å². The molecule has 3 N–H and O–H groups in total. The predicted octanol–water partition coefficient (Wildman–Crippen LogP) is 3.26. The highest BCUT2D eigenvalue weighted by Gasteiger charge is 2.12. The summed E-state index contributed by atoms with van der Waals surface area (Å²) in [6, 6.07) is 14.5. The van der Waals surface area contributed by atoms with E-state index >= 15 is 0 Å². The Hall–Kier alpha value is -3.62. The predicted molar refractivity (Wildman–Crippen MR) is 123 cm³/mol. The molecule has 0 radical (unpaired) electrons. The van der Waals surface area contributed by atoms with Gasteiger partial charge < -0.3 is 20.5 Å². The topological polar surface area (TPSA) is 104 Å². The average Bonchev–Trinajstić information content (AvgIpc) is 2.81. The number of methoxy groups -OCH3 is 1. The number of halogens is 1. The van der Waals surface area contributed by atoms with Crippen LogP contribution in [0.1, 0.15) is 16.7 Å². The van der Waals surface area contributed by atoms with Crippen molar-refractivity contribution in [3.05, 3.63) is 83.4 Å². The minimum absolute atomic E-state index is 0.0606. The van der Waals surface area contributed by atoms with Gasteiger partial charge in [0.2, 0.25) is 5.91 Å². The molecule has 3 rings (SSSR count). The van der Waals surface area contributed by atoms with Crippen LogP contribution in [0.4, 0.5) is 10.1 Å². The molecule has 0 saturated carbocycles. The molecule has 7 nitrogen and oxygen atoms in total. The molecule has 2 aromatic carbocycles. The Labute approximate surface area is 191 Å². The van der Waals surface area contributed by atoms with E-state index in [1.807, 2.05) is 42.5 Å². The second kappa shape index (κ2) is 11.8. The largest absolute Gasteiger partial charge is 0.463 e. The molecule has 0 saturated heterocycles. The van der Waals surface area contributed by atoms with Crippen LogP contribution in [0.2, 0.25) is 0 Å². The lowest BCUT2D eigenvalue weighted by molar-refractivity contribution is -0.144. The summed E-state index contributed by atoms with van der Waals surface area (Å²) in [5.74, 6) is -1.28. The number of carbonyl (C=O) groups excluding carboxylic acids is 2. The van der Waals surface area contributed by atoms with E-state index in [0.29, 0.717) is 13.2 Å². The molecule has 0 bridgehead atoms. The van der Waals surface area contributed by atoms with Gasteiger partial charge in [-0.05, 0) is 33.9 Å². The summed E-state index contributed by atoms with van der Waals surface area (Å²) in [4.78, 5) is 28.1. The second-order valence-corrected chi connectivity index (χ2v) is 7.37. The molecule has 172 valence electrons. The van der Waals surface area contributed by atoms with Crippen LogP contribution in [-0.4, -0.2) is 37.2 Å². The fraction of sp³-hybridized carbons (Fsp3) is 0.240. The van der Waals surface area contributed by atoms with E-state index in [0.717, 1.165) is 34.0 Å². The Kier molecular flexibility index (Phi) is 8.63. The number of nitrogens with one attached hydrogen (secondary N) is 1. The highest BCUT2D eigenvalue weighted by Crippen LogP contribution is 2.27. The first-order chi connectivity index (χ1) is 16.0. The number of rotatable bonds is 10. The molecule has 8 heteroatoms. The normalized spacial score (nSPS) is 10.6. The van der Waals surface area contributed by atoms with Crippen molar-refractivity contribution in [2.24, 2.45) is 5.73 Å². The molecule has 0 spiro atoms. The SMILES string of the molecule is COCCOC(=O)Cc1cccc(-c2cc(CC(=O)Nc3ccncc3F)ccc2CN)c1. The van der Waals surface area contributed by atoms with Crippen molar-refractivity contribution in [3.8, 4) is 11.1 Å². The van der Waals surface area contributed by atoms with Crippen molar-refractivity contribution in [1.29, 1.82) is 0 Å². The minimum atomic E-state index is -0.595. The summed E-state index contributed by atoms with van der Waals surface area (Å²) < 4.78 is 23.8. The molecule has 0 unspecified atom stereocenters. The maximum atomic E-state index is 13.8. The maximum absolute atomic E-state index is 13.8. The average molecular weight is 451 g/mol. The van der Waals surface area contributed by atoms with Crippen LogP contribution in [-0.2, 0) is 38.4 Å². The first-order valence-electron chi connectivity index (χ1n) is 10.4. The number of anilines is 1. The number of nitrogens with two attached hydrogens (primary N) is 1. The number of hydrogen-bond acceptors (Lipinski definition) is 6. The number of amides is 1. The molecular weight excluding hydrogens is 425 g/mol. The molecule has 1 aromatic heterocycles. The van der Waals surface area contributed by atoms with Crippen molar-refractivity contribution in [1.82, 2.24) is 4.98 Å². The summed E-state index contributed by atoms with van der Waals surface area (Å²) in [5.41, 5.74) is 10.2. The number of carbonyl (C=O) groups is 2. The van der Waals surface area contributed by atoms with Gasteiger partial charge in [-0.2, -0.15) is 0 Å². The zero-order valence-corrected chi connectivity index (χ0v) is 18.3. The third-order valence-electron chi connectivity index (χ3n) is 4.94. The monoisotopic (exact) mass is 451 g/mol. The van der Waals surface area contributed by atoms with Gasteiger partial charge in [0, 0.05) is 19.9 Å². The standard InChI is InChI=1S/C25H26FN3O4/c1-32-9-10-33-25(31)14-17-3-2-4-19(11-17)21-12-18(5-6-20(21)15-27)13-24(30)29-23-7-8-28-16-22(23)26/h2-8,11-12,16H,9-10,13-15,27H2,1H3,(H,28,29,30). The van der Waals surface area contributed by atoms with Gasteiger partial charge >= 0.3 is 5.97 Å². The van der Waals surface area contributed by atoms with Crippen LogP contribution in [0.15, 0.2) is 60.9 Å². The number of aromatic nitrogens is 1. The van der Waals surface area contributed by atoms with Gasteiger partial charge in [-0.3, -0.25) is 14.6 Å². The molecule has 0 aliphatic heterocycles. The first kappa shape index (κ1) is 24.0. The van der Waals surface area contributed by atoms with Crippen molar-refractivity contribution >= 4 is 17.6 Å². The second-order valence-electron chi connectivity index (χ2n) is 7.37. The van der Waals surface area contributed by atoms with Crippen molar-refractivity contribution in [3.63, 3.8) is 0 Å². The summed E-state index contributed by atoms with van der Waals surface area (Å²) in [6.07, 6.45) is 2.65. The molecule has 3 aromatic rings. The summed E-state index contributed by atoms with van der Waals surface area (Å²) in [7, 11) is 1.54. The fourth-order valence-corrected chi connectivity index (χ4v) is 3.34. The molecular formula is C25H26FN3O4. The highest BCUT2D eigenvalue weighted by molar-refractivity contribution is 5.92. The van der Waals surface area contributed by atoms with Gasteiger partial charge in [0.25, 0.3) is 0 Å². The number of hydrogen-bond donors (Lipinski definition) is 2. The van der Waals surface area contributed by atoms with E-state index in [2.05, 4.69) is 10.3 Å². The van der Waals surface area contributed by atoms with Gasteiger partial charge in [-0.15, -0.1) is 0 Å². The first-order valence-corrected chi connectivity index (χ1v) is 10.4. The summed E-state index contributed by atoms with van der Waals surface area (Å²) >= 11 is 0. The lowest BCUT2D eigenvalue weighted by Gasteiger charge is -2.13. The van der Waals surface area contributed by atoms with E-state index in [1.54, 1.807) is 7.11 Å². The van der Waals surface area contributed by atoms with Crippen molar-refractivity contribution in [2.75, 3.05) is 25.6 Å². The maximum Gasteiger partial charge on any atom is 0.310 e. The molecule has 1 heterocycles. The Morgan fingerprint density at radius 1 is 1.06 bits per heavy atom. The van der Waals surface area contributed by atoms with E-state index in [1.165, 1.54) is 12.3 Å². The fourth-order valence-electron chi connectivity index (χ4n) is 3.34. The van der Waals surface area contributed by atoms with Gasteiger partial charge in [-0.1, -0.05) is 42.5 Å². The van der Waals surface area contributed by atoms with Crippen LogP contribution >= 0.6 is 0 Å². The lowest BCUT2D eigenvalue weighted by atomic mass is 9.94. The van der Waals surface area contributed by atoms with Crippen LogP contribution < -0.4 is 11.1 Å². The molecule has 1 amide bonds. The van der Waals surface area contributed by atoms with Gasteiger partial charge in [0.15, 0.2) is 5.82 Å². The third-order valence-corrected chi connectivity index (χ3v) is 4.94. The van der Waals surface area contributed by atoms with Gasteiger partial charge in [0.1, 0.15) is 6.61 Å². The number of nitrogens with zero attached hydrogens (tertiary/aromatic N) is 1. The Bertz CT molecular complexity index is 1120. The molecule has 33 heavy (non-hydrogen) atoms. The molecule has 0 atom stereocenters. The molecule has 0 fully saturated rings. The zero-order valence-electron chi connectivity index (χ0n) is 18.3. The van der Waals surface area contributed by atoms with E-state index in [-0.39, 0.29) is 37.0 Å². The van der Waals surface area contributed by atoms with E-state index in [4.69, 9.17) is 15.2 Å². The van der Waals surface area contributed by atoms with Crippen molar-refractivity contribution in [2.45, 2.75) is 19.4 Å². The van der Waals surface area contributed by atoms with Crippen LogP contribution in [0.5, 0.6) is 0 Å². The highest BCUT2D eigenvalue weighted by atomic mass is 19.1. The smallest absolute Gasteiger partial charge is 0.310 e. The molecule has 0 aliphatic rings. The van der Waals surface area contributed by atoms with Crippen LogP contribution in [0, 0.1) is 5.82 Å².